The van der Waals surface area contributed by atoms with E-state index < -0.39 is 6.10 Å². The molecule has 0 spiro atoms. The molecule has 1 aliphatic rings. The Bertz CT molecular complexity index is 265. The largest absolute Gasteiger partial charge is 0.390 e. The van der Waals surface area contributed by atoms with E-state index in [0.29, 0.717) is 13.1 Å². The molecule has 0 aromatic rings. The molecule has 1 saturated heterocycles. The van der Waals surface area contributed by atoms with Crippen molar-refractivity contribution in [3.8, 4) is 0 Å². The van der Waals surface area contributed by atoms with Gasteiger partial charge < -0.3 is 20.9 Å². The number of primary amides is 1. The molecule has 106 valence electrons. The maximum absolute atomic E-state index is 10.9. The summed E-state index contributed by atoms with van der Waals surface area (Å²) in [6.07, 6.45) is -0.188. The third-order valence-corrected chi connectivity index (χ3v) is 3.01. The molecule has 18 heavy (non-hydrogen) atoms. The first-order chi connectivity index (χ1) is 8.39. The number of hydrogen-bond acceptors (Lipinski definition) is 5. The molecule has 4 N–H and O–H groups in total. The fraction of sp³-hybridized carbons (Fsp3) is 0.917. The van der Waals surface area contributed by atoms with E-state index in [1.165, 1.54) is 0 Å². The van der Waals surface area contributed by atoms with Crippen molar-refractivity contribution >= 4 is 5.91 Å². The van der Waals surface area contributed by atoms with Gasteiger partial charge in [-0.25, -0.2) is 0 Å². The van der Waals surface area contributed by atoms with Crippen LogP contribution in [0.5, 0.6) is 0 Å². The van der Waals surface area contributed by atoms with Crippen LogP contribution in [-0.4, -0.2) is 66.9 Å². The third kappa shape index (κ3) is 6.30. The second-order valence-corrected chi connectivity index (χ2v) is 5.47. The molecule has 1 aliphatic heterocycles. The number of nitrogens with one attached hydrogen (secondary N) is 1. The van der Waals surface area contributed by atoms with Crippen molar-refractivity contribution in [3.05, 3.63) is 0 Å². The van der Waals surface area contributed by atoms with Gasteiger partial charge in [-0.1, -0.05) is 0 Å². The molecule has 0 saturated carbocycles. The predicted molar refractivity (Wildman–Crippen MR) is 69.2 cm³/mol. The Balaban J connectivity index is 2.22. The summed E-state index contributed by atoms with van der Waals surface area (Å²) in [6, 6.07) is 0. The van der Waals surface area contributed by atoms with Gasteiger partial charge in [0.25, 0.3) is 0 Å². The molecular weight excluding hydrogens is 234 g/mol. The summed E-state index contributed by atoms with van der Waals surface area (Å²) in [5.41, 5.74) is 4.79. The van der Waals surface area contributed by atoms with Crippen molar-refractivity contribution in [2.75, 3.05) is 39.4 Å². The second kappa shape index (κ2) is 7.04. The summed E-state index contributed by atoms with van der Waals surface area (Å²) in [5.74, 6) is -0.338. The number of rotatable bonds is 7. The van der Waals surface area contributed by atoms with Crippen molar-refractivity contribution in [2.24, 2.45) is 5.73 Å². The molecule has 1 rings (SSSR count). The van der Waals surface area contributed by atoms with Gasteiger partial charge in [0.05, 0.1) is 19.3 Å². The minimum Gasteiger partial charge on any atom is -0.390 e. The Labute approximate surface area is 108 Å². The molecule has 1 unspecified atom stereocenters. The highest BCUT2D eigenvalue weighted by molar-refractivity contribution is 5.74. The van der Waals surface area contributed by atoms with Crippen molar-refractivity contribution in [1.82, 2.24) is 10.2 Å². The summed E-state index contributed by atoms with van der Waals surface area (Å²) in [5, 5.41) is 13.1. The monoisotopic (exact) mass is 259 g/mol. The summed E-state index contributed by atoms with van der Waals surface area (Å²) >= 11 is 0. The molecular formula is C12H25N3O3. The minimum absolute atomic E-state index is 0.261. The van der Waals surface area contributed by atoms with Gasteiger partial charge in [0, 0.05) is 38.1 Å². The van der Waals surface area contributed by atoms with Gasteiger partial charge in [0.15, 0.2) is 0 Å². The molecule has 0 aromatic carbocycles. The fourth-order valence-corrected chi connectivity index (χ4v) is 2.04. The Morgan fingerprint density at radius 3 is 2.67 bits per heavy atom. The number of β-amino-alcohol motifs (C(OH)–C–C–N with tert-alkyl or cyclic N) is 1. The van der Waals surface area contributed by atoms with E-state index in [9.17, 15) is 9.90 Å². The Hall–Kier alpha value is -0.690. The van der Waals surface area contributed by atoms with Crippen molar-refractivity contribution in [3.63, 3.8) is 0 Å². The van der Waals surface area contributed by atoms with E-state index in [2.05, 4.69) is 10.2 Å². The van der Waals surface area contributed by atoms with Gasteiger partial charge in [-0.3, -0.25) is 9.69 Å². The van der Waals surface area contributed by atoms with Crippen LogP contribution < -0.4 is 11.1 Å². The first-order valence-electron chi connectivity index (χ1n) is 6.40. The average molecular weight is 259 g/mol. The van der Waals surface area contributed by atoms with Crippen molar-refractivity contribution in [1.29, 1.82) is 0 Å². The number of nitrogens with two attached hydrogens (primary N) is 1. The summed E-state index contributed by atoms with van der Waals surface area (Å²) < 4.78 is 5.25. The van der Waals surface area contributed by atoms with E-state index in [1.54, 1.807) is 0 Å². The number of amides is 1. The standard InChI is InChI=1S/C12H25N3O3/c1-12(2,7-11(13)17)14-8-10(16)9-15-3-5-18-6-4-15/h10,14,16H,3-9H2,1-2H3,(H2,13,17). The smallest absolute Gasteiger partial charge is 0.219 e. The lowest BCUT2D eigenvalue weighted by Gasteiger charge is -2.31. The second-order valence-electron chi connectivity index (χ2n) is 5.47. The van der Waals surface area contributed by atoms with E-state index in [1.807, 2.05) is 13.8 Å². The molecule has 1 fully saturated rings. The van der Waals surface area contributed by atoms with Crippen LogP contribution in [0.2, 0.25) is 0 Å². The number of aliphatic hydroxyl groups is 1. The quantitative estimate of drug-likeness (QED) is 0.541. The summed E-state index contributed by atoms with van der Waals surface area (Å²) in [4.78, 5) is 13.1. The molecule has 1 heterocycles. The van der Waals surface area contributed by atoms with Crippen LogP contribution in [0.4, 0.5) is 0 Å². The highest BCUT2D eigenvalue weighted by atomic mass is 16.5. The molecule has 1 atom stereocenters. The Morgan fingerprint density at radius 1 is 1.50 bits per heavy atom. The number of ether oxygens (including phenoxy) is 1. The van der Waals surface area contributed by atoms with E-state index in [0.717, 1.165) is 26.3 Å². The van der Waals surface area contributed by atoms with Gasteiger partial charge in [0.2, 0.25) is 5.91 Å². The lowest BCUT2D eigenvalue weighted by atomic mass is 10.00. The molecule has 0 aliphatic carbocycles. The van der Waals surface area contributed by atoms with Gasteiger partial charge in [0.1, 0.15) is 0 Å². The van der Waals surface area contributed by atoms with Crippen LogP contribution in [-0.2, 0) is 9.53 Å². The van der Waals surface area contributed by atoms with Crippen LogP contribution in [0.1, 0.15) is 20.3 Å². The minimum atomic E-state index is -0.449. The van der Waals surface area contributed by atoms with E-state index >= 15 is 0 Å². The first kappa shape index (κ1) is 15.4. The molecule has 6 nitrogen and oxygen atoms in total. The van der Waals surface area contributed by atoms with Gasteiger partial charge in [-0.2, -0.15) is 0 Å². The van der Waals surface area contributed by atoms with Crippen molar-refractivity contribution in [2.45, 2.75) is 31.9 Å². The Kier molecular flexibility index (Phi) is 6.01. The fourth-order valence-electron chi connectivity index (χ4n) is 2.04. The van der Waals surface area contributed by atoms with Crippen LogP contribution in [0, 0.1) is 0 Å². The molecule has 1 amide bonds. The molecule has 0 radical (unpaired) electrons. The van der Waals surface area contributed by atoms with Crippen LogP contribution in [0.25, 0.3) is 0 Å². The maximum Gasteiger partial charge on any atom is 0.219 e. The zero-order chi connectivity index (χ0) is 13.6. The lowest BCUT2D eigenvalue weighted by molar-refractivity contribution is -0.119. The maximum atomic E-state index is 10.9. The number of nitrogens with zero attached hydrogens (tertiary/aromatic N) is 1. The van der Waals surface area contributed by atoms with Crippen LogP contribution in [0.15, 0.2) is 0 Å². The zero-order valence-electron chi connectivity index (χ0n) is 11.3. The van der Waals surface area contributed by atoms with Crippen LogP contribution in [0.3, 0.4) is 0 Å². The highest BCUT2D eigenvalue weighted by Crippen LogP contribution is 2.07. The number of carbonyl (C=O) groups is 1. The van der Waals surface area contributed by atoms with Gasteiger partial charge >= 0.3 is 0 Å². The normalized spacial score (nSPS) is 19.7. The summed E-state index contributed by atoms with van der Waals surface area (Å²) in [7, 11) is 0. The Morgan fingerprint density at radius 2 is 2.11 bits per heavy atom. The number of aliphatic hydroxyl groups excluding tert-OH is 1. The average Bonchev–Trinajstić information content (AvgIpc) is 2.26. The molecule has 0 bridgehead atoms. The van der Waals surface area contributed by atoms with Gasteiger partial charge in [-0.05, 0) is 13.8 Å². The lowest BCUT2D eigenvalue weighted by Crippen LogP contribution is -2.49. The van der Waals surface area contributed by atoms with Gasteiger partial charge in [-0.15, -0.1) is 0 Å². The highest BCUT2D eigenvalue weighted by Gasteiger charge is 2.22. The first-order valence-corrected chi connectivity index (χ1v) is 6.40. The predicted octanol–water partition coefficient (Wildman–Crippen LogP) is -1.08. The number of hydrogen-bond donors (Lipinski definition) is 3. The SMILES string of the molecule is CC(C)(CC(N)=O)NCC(O)CN1CCOCC1. The molecule has 6 heteroatoms. The number of morpholine rings is 1. The van der Waals surface area contributed by atoms with E-state index in [4.69, 9.17) is 10.5 Å². The van der Waals surface area contributed by atoms with Crippen molar-refractivity contribution < 1.29 is 14.6 Å². The summed E-state index contributed by atoms with van der Waals surface area (Å²) in [6.45, 7) is 8.07. The third-order valence-electron chi connectivity index (χ3n) is 3.01. The zero-order valence-corrected chi connectivity index (χ0v) is 11.3. The van der Waals surface area contributed by atoms with E-state index in [-0.39, 0.29) is 17.9 Å². The van der Waals surface area contributed by atoms with Crippen LogP contribution >= 0.6 is 0 Å². The number of carbonyl (C=O) groups excluding carboxylic acids is 1. The molecule has 0 aromatic heterocycles. The topological polar surface area (TPSA) is 87.8 Å².